The highest BCUT2D eigenvalue weighted by Crippen LogP contribution is 2.20. The summed E-state index contributed by atoms with van der Waals surface area (Å²) in [5.41, 5.74) is 2.92. The maximum Gasteiger partial charge on any atom is 0.257 e. The van der Waals surface area contributed by atoms with Crippen LogP contribution in [0.2, 0.25) is 0 Å². The molecular weight excluding hydrogens is 371 g/mol. The molecular formula is C23H21FN2O3. The van der Waals surface area contributed by atoms with Crippen LogP contribution in [-0.4, -0.2) is 18.9 Å². The molecule has 0 unspecified atom stereocenters. The molecule has 0 saturated heterocycles. The van der Waals surface area contributed by atoms with Crippen LogP contribution in [0.5, 0.6) is 5.75 Å². The van der Waals surface area contributed by atoms with Crippen molar-refractivity contribution in [3.05, 3.63) is 89.2 Å². The average molecular weight is 392 g/mol. The van der Waals surface area contributed by atoms with E-state index in [0.717, 1.165) is 5.56 Å². The third-order valence-electron chi connectivity index (χ3n) is 4.30. The van der Waals surface area contributed by atoms with E-state index in [4.69, 9.17) is 4.74 Å². The quantitative estimate of drug-likeness (QED) is 0.645. The number of hydrogen-bond donors (Lipinski definition) is 2. The van der Waals surface area contributed by atoms with E-state index in [9.17, 15) is 14.0 Å². The fourth-order valence-electron chi connectivity index (χ4n) is 2.91. The van der Waals surface area contributed by atoms with E-state index < -0.39 is 5.82 Å². The van der Waals surface area contributed by atoms with Gasteiger partial charge in [-0.3, -0.25) is 9.59 Å². The number of benzene rings is 3. The minimum absolute atomic E-state index is 0.0330. The van der Waals surface area contributed by atoms with Crippen molar-refractivity contribution in [1.82, 2.24) is 0 Å². The molecule has 3 aromatic carbocycles. The maximum absolute atomic E-state index is 13.8. The number of hydrogen-bond acceptors (Lipinski definition) is 3. The maximum atomic E-state index is 13.8. The zero-order valence-corrected chi connectivity index (χ0v) is 16.2. The second-order valence-corrected chi connectivity index (χ2v) is 6.56. The summed E-state index contributed by atoms with van der Waals surface area (Å²) in [7, 11) is 1.38. The van der Waals surface area contributed by atoms with Gasteiger partial charge in [0.2, 0.25) is 5.91 Å². The van der Waals surface area contributed by atoms with E-state index in [1.165, 1.54) is 19.2 Å². The lowest BCUT2D eigenvalue weighted by Gasteiger charge is -2.12. The molecule has 0 aromatic heterocycles. The molecule has 2 N–H and O–H groups in total. The van der Waals surface area contributed by atoms with Crippen molar-refractivity contribution in [2.75, 3.05) is 17.7 Å². The van der Waals surface area contributed by atoms with Gasteiger partial charge in [0.25, 0.3) is 5.91 Å². The number of anilines is 2. The van der Waals surface area contributed by atoms with Gasteiger partial charge in [-0.2, -0.15) is 0 Å². The van der Waals surface area contributed by atoms with Gasteiger partial charge in [-0.15, -0.1) is 0 Å². The zero-order chi connectivity index (χ0) is 20.8. The minimum atomic E-state index is -0.532. The largest absolute Gasteiger partial charge is 0.494 e. The molecule has 5 nitrogen and oxygen atoms in total. The Morgan fingerprint density at radius 2 is 1.76 bits per heavy atom. The van der Waals surface area contributed by atoms with Gasteiger partial charge in [0.05, 0.1) is 24.8 Å². The molecule has 0 radical (unpaired) electrons. The molecule has 0 aliphatic rings. The summed E-state index contributed by atoms with van der Waals surface area (Å²) in [4.78, 5) is 25.1. The fraction of sp³-hybridized carbons (Fsp3) is 0.130. The van der Waals surface area contributed by atoms with Gasteiger partial charge < -0.3 is 15.4 Å². The first-order valence-electron chi connectivity index (χ1n) is 9.05. The molecule has 6 heteroatoms. The lowest BCUT2D eigenvalue weighted by molar-refractivity contribution is -0.115. The van der Waals surface area contributed by atoms with Gasteiger partial charge in [-0.25, -0.2) is 4.39 Å². The number of carbonyl (C=O) groups excluding carboxylic acids is 2. The molecule has 0 bridgehead atoms. The molecule has 0 fully saturated rings. The summed E-state index contributed by atoms with van der Waals surface area (Å²) in [6.07, 6.45) is -0.0330. The van der Waals surface area contributed by atoms with E-state index in [1.807, 2.05) is 25.1 Å². The smallest absolute Gasteiger partial charge is 0.257 e. The monoisotopic (exact) mass is 392 g/mol. The third-order valence-corrected chi connectivity index (χ3v) is 4.30. The van der Waals surface area contributed by atoms with Crippen molar-refractivity contribution in [2.45, 2.75) is 13.3 Å². The molecule has 0 aliphatic carbocycles. The van der Waals surface area contributed by atoms with Gasteiger partial charge in [0.15, 0.2) is 11.6 Å². The molecule has 0 aliphatic heterocycles. The molecule has 3 aromatic rings. The molecule has 3 rings (SSSR count). The number of nitrogens with one attached hydrogen (secondary N) is 2. The topological polar surface area (TPSA) is 67.4 Å². The second kappa shape index (κ2) is 9.01. The first kappa shape index (κ1) is 20.1. The van der Waals surface area contributed by atoms with E-state index in [2.05, 4.69) is 10.6 Å². The highest BCUT2D eigenvalue weighted by molar-refractivity contribution is 6.10. The van der Waals surface area contributed by atoms with Gasteiger partial charge in [-0.1, -0.05) is 30.3 Å². The normalized spacial score (nSPS) is 10.3. The van der Waals surface area contributed by atoms with Gasteiger partial charge >= 0.3 is 0 Å². The summed E-state index contributed by atoms with van der Waals surface area (Å²) in [5, 5.41) is 5.56. The minimum Gasteiger partial charge on any atom is -0.494 e. The number of carbonyl (C=O) groups is 2. The predicted octanol–water partition coefficient (Wildman–Crippen LogP) is 4.58. The number of halogens is 1. The van der Waals surface area contributed by atoms with E-state index in [1.54, 1.807) is 36.4 Å². The van der Waals surface area contributed by atoms with Crippen molar-refractivity contribution >= 4 is 23.2 Å². The van der Waals surface area contributed by atoms with Crippen LogP contribution >= 0.6 is 0 Å². The summed E-state index contributed by atoms with van der Waals surface area (Å²) in [5.74, 6) is -1.10. The Morgan fingerprint density at radius 1 is 0.966 bits per heavy atom. The molecule has 0 heterocycles. The van der Waals surface area contributed by atoms with E-state index in [-0.39, 0.29) is 24.0 Å². The lowest BCUT2D eigenvalue weighted by atomic mass is 10.1. The van der Waals surface area contributed by atoms with Crippen molar-refractivity contribution in [1.29, 1.82) is 0 Å². The van der Waals surface area contributed by atoms with Crippen molar-refractivity contribution in [2.24, 2.45) is 0 Å². The van der Waals surface area contributed by atoms with Crippen LogP contribution in [0.1, 0.15) is 21.5 Å². The lowest BCUT2D eigenvalue weighted by Crippen LogP contribution is -2.19. The third kappa shape index (κ3) is 5.19. The van der Waals surface area contributed by atoms with Crippen LogP contribution in [0, 0.1) is 12.7 Å². The Kier molecular flexibility index (Phi) is 6.24. The summed E-state index contributed by atoms with van der Waals surface area (Å²) in [6, 6.07) is 18.5. The summed E-state index contributed by atoms with van der Waals surface area (Å²) < 4.78 is 18.7. The van der Waals surface area contributed by atoms with Crippen molar-refractivity contribution in [3.63, 3.8) is 0 Å². The fourth-order valence-corrected chi connectivity index (χ4v) is 2.91. The molecule has 0 spiro atoms. The first-order valence-corrected chi connectivity index (χ1v) is 9.05. The first-order chi connectivity index (χ1) is 14.0. The van der Waals surface area contributed by atoms with Gasteiger partial charge in [-0.05, 0) is 54.4 Å². The number of methoxy groups -OCH3 is 1. The summed E-state index contributed by atoms with van der Waals surface area (Å²) in [6.45, 7) is 1.94. The Bertz CT molecular complexity index is 1050. The Labute approximate surface area is 168 Å². The number of ether oxygens (including phenoxy) is 1. The molecule has 2 amide bonds. The van der Waals surface area contributed by atoms with Crippen molar-refractivity contribution in [3.8, 4) is 5.75 Å². The highest BCUT2D eigenvalue weighted by atomic mass is 19.1. The number of para-hydroxylation sites is 1. The zero-order valence-electron chi connectivity index (χ0n) is 16.2. The SMILES string of the molecule is COc1ccc(CC(=O)Nc2ccccc2C(=O)Nc2cccc(C)c2)cc1F. The molecule has 148 valence electrons. The second-order valence-electron chi connectivity index (χ2n) is 6.56. The summed E-state index contributed by atoms with van der Waals surface area (Å²) >= 11 is 0. The standard InChI is InChI=1S/C23H21FN2O3/c1-15-6-5-7-17(12-15)25-23(28)18-8-3-4-9-20(18)26-22(27)14-16-10-11-21(29-2)19(24)13-16/h3-13H,14H2,1-2H3,(H,25,28)(H,26,27). The van der Waals surface area contributed by atoms with Crippen LogP contribution in [0.25, 0.3) is 0 Å². The van der Waals surface area contributed by atoms with Crippen molar-refractivity contribution < 1.29 is 18.7 Å². The van der Waals surface area contributed by atoms with Gasteiger partial charge in [0.1, 0.15) is 0 Å². The van der Waals surface area contributed by atoms with E-state index in [0.29, 0.717) is 22.5 Å². The highest BCUT2D eigenvalue weighted by Gasteiger charge is 2.14. The predicted molar refractivity (Wildman–Crippen MR) is 111 cm³/mol. The molecule has 0 saturated carbocycles. The number of aryl methyl sites for hydroxylation is 1. The van der Waals surface area contributed by atoms with Crippen LogP contribution < -0.4 is 15.4 Å². The van der Waals surface area contributed by atoms with Gasteiger partial charge in [0, 0.05) is 5.69 Å². The Morgan fingerprint density at radius 3 is 2.48 bits per heavy atom. The van der Waals surface area contributed by atoms with E-state index >= 15 is 0 Å². The molecule has 29 heavy (non-hydrogen) atoms. The Balaban J connectivity index is 1.72. The van der Waals surface area contributed by atoms with Crippen LogP contribution in [0.15, 0.2) is 66.7 Å². The van der Waals surface area contributed by atoms with Crippen LogP contribution in [-0.2, 0) is 11.2 Å². The average Bonchev–Trinajstić information content (AvgIpc) is 2.68. The number of rotatable bonds is 6. The Hall–Kier alpha value is -3.67. The molecule has 0 atom stereocenters. The van der Waals surface area contributed by atoms with Crippen LogP contribution in [0.4, 0.5) is 15.8 Å². The van der Waals surface area contributed by atoms with Crippen LogP contribution in [0.3, 0.4) is 0 Å². The number of amides is 2.